The van der Waals surface area contributed by atoms with E-state index in [1.54, 1.807) is 6.92 Å². The fourth-order valence-electron chi connectivity index (χ4n) is 2.89. The lowest BCUT2D eigenvalue weighted by Gasteiger charge is -2.37. The van der Waals surface area contributed by atoms with Crippen LogP contribution in [0.3, 0.4) is 0 Å². The first kappa shape index (κ1) is 19.3. The molecule has 0 unspecified atom stereocenters. The topological polar surface area (TPSA) is 104 Å². The van der Waals surface area contributed by atoms with Gasteiger partial charge in [-0.3, -0.25) is 9.59 Å². The normalized spacial score (nSPS) is 21.2. The third-order valence-corrected chi connectivity index (χ3v) is 5.97. The fraction of sp³-hybridized carbons (Fsp3) is 0.500. The van der Waals surface area contributed by atoms with Crippen molar-refractivity contribution in [3.8, 4) is 0 Å². The van der Waals surface area contributed by atoms with Gasteiger partial charge >= 0.3 is 5.97 Å². The number of carboxylic acid groups (broad SMARTS) is 1. The molecule has 1 aliphatic rings. The molecule has 0 aliphatic carbocycles. The summed E-state index contributed by atoms with van der Waals surface area (Å²) in [5, 5.41) is 9.28. The van der Waals surface area contributed by atoms with Crippen molar-refractivity contribution in [3.05, 3.63) is 29.6 Å². The van der Waals surface area contributed by atoms with Crippen molar-refractivity contribution in [3.63, 3.8) is 0 Å². The van der Waals surface area contributed by atoms with Gasteiger partial charge in [0.2, 0.25) is 15.9 Å². The first-order valence-electron chi connectivity index (χ1n) is 7.82. The Bertz CT molecular complexity index is 796. The first-order valence-corrected chi connectivity index (χ1v) is 9.30. The van der Waals surface area contributed by atoms with Crippen LogP contribution >= 0.6 is 0 Å². The van der Waals surface area contributed by atoms with E-state index in [1.165, 1.54) is 11.8 Å². The summed E-state index contributed by atoms with van der Waals surface area (Å²) in [6.45, 7) is 2.98. The molecule has 1 aromatic carbocycles. The number of nitrogens with one attached hydrogen (secondary N) is 1. The fourth-order valence-corrected chi connectivity index (χ4v) is 4.09. The maximum Gasteiger partial charge on any atom is 0.311 e. The smallest absolute Gasteiger partial charge is 0.311 e. The Kier molecular flexibility index (Phi) is 5.48. The number of carboxylic acids is 1. The van der Waals surface area contributed by atoms with Gasteiger partial charge in [-0.05, 0) is 50.5 Å². The molecule has 1 aliphatic heterocycles. The Morgan fingerprint density at radius 2 is 2.08 bits per heavy atom. The summed E-state index contributed by atoms with van der Waals surface area (Å²) in [6.07, 6.45) is 1.00. The number of hydrogen-bond donors (Lipinski definition) is 2. The van der Waals surface area contributed by atoms with E-state index in [4.69, 9.17) is 0 Å². The second kappa shape index (κ2) is 7.09. The minimum atomic E-state index is -3.97. The summed E-state index contributed by atoms with van der Waals surface area (Å²) in [5.74, 6) is -2.02. The number of piperidine rings is 1. The van der Waals surface area contributed by atoms with Crippen LogP contribution in [0, 0.1) is 18.2 Å². The van der Waals surface area contributed by atoms with E-state index in [1.807, 2.05) is 0 Å². The zero-order chi connectivity index (χ0) is 18.8. The van der Waals surface area contributed by atoms with Gasteiger partial charge in [-0.15, -0.1) is 0 Å². The van der Waals surface area contributed by atoms with Gasteiger partial charge in [0, 0.05) is 13.1 Å². The van der Waals surface area contributed by atoms with Crippen LogP contribution in [0.1, 0.15) is 25.3 Å². The van der Waals surface area contributed by atoms with Crippen LogP contribution in [0.4, 0.5) is 4.39 Å². The number of aryl methyl sites for hydroxylation is 1. The van der Waals surface area contributed by atoms with Crippen LogP contribution in [0.2, 0.25) is 0 Å². The molecule has 1 amide bonds. The van der Waals surface area contributed by atoms with Gasteiger partial charge in [-0.1, -0.05) is 0 Å². The van der Waals surface area contributed by atoms with E-state index in [0.29, 0.717) is 19.4 Å². The molecule has 0 radical (unpaired) electrons. The molecular formula is C16H21FN2O5S. The number of aliphatic carboxylic acids is 1. The van der Waals surface area contributed by atoms with Gasteiger partial charge in [0.05, 0.1) is 16.9 Å². The summed E-state index contributed by atoms with van der Waals surface area (Å²) in [6, 6.07) is 3.27. The lowest BCUT2D eigenvalue weighted by atomic mass is 9.82. The molecule has 25 heavy (non-hydrogen) atoms. The molecule has 7 nitrogen and oxygen atoms in total. The standard InChI is InChI=1S/C16H21FN2O5S/c1-11-8-12(17)4-5-13(11)25(23,24)18-9-14(20)19-7-3-6-16(2,10-19)15(21)22/h4-5,8,18H,3,6-7,9-10H2,1-2H3,(H,21,22)/t16-/m1/s1. The first-order chi connectivity index (χ1) is 11.5. The number of rotatable bonds is 5. The van der Waals surface area contributed by atoms with Crippen molar-refractivity contribution in [1.29, 1.82) is 0 Å². The Hall–Kier alpha value is -2.00. The highest BCUT2D eigenvalue weighted by molar-refractivity contribution is 7.89. The third kappa shape index (κ3) is 4.35. The molecule has 1 aromatic rings. The molecule has 2 N–H and O–H groups in total. The summed E-state index contributed by atoms with van der Waals surface area (Å²) >= 11 is 0. The van der Waals surface area contributed by atoms with Crippen molar-refractivity contribution in [2.45, 2.75) is 31.6 Å². The number of sulfonamides is 1. The molecule has 0 saturated carbocycles. The Morgan fingerprint density at radius 1 is 1.40 bits per heavy atom. The molecule has 138 valence electrons. The van der Waals surface area contributed by atoms with Crippen molar-refractivity contribution in [1.82, 2.24) is 9.62 Å². The highest BCUT2D eigenvalue weighted by atomic mass is 32.2. The van der Waals surface area contributed by atoms with E-state index in [9.17, 15) is 27.5 Å². The number of carbonyl (C=O) groups is 2. The molecule has 0 spiro atoms. The summed E-state index contributed by atoms with van der Waals surface area (Å²) < 4.78 is 39.9. The van der Waals surface area contributed by atoms with Gasteiger partial charge in [0.15, 0.2) is 0 Å². The summed E-state index contributed by atoms with van der Waals surface area (Å²) in [4.78, 5) is 24.9. The van der Waals surface area contributed by atoms with Gasteiger partial charge in [0.1, 0.15) is 5.82 Å². The minimum Gasteiger partial charge on any atom is -0.481 e. The van der Waals surface area contributed by atoms with E-state index in [-0.39, 0.29) is 17.0 Å². The maximum atomic E-state index is 13.1. The lowest BCUT2D eigenvalue weighted by molar-refractivity contribution is -0.153. The number of nitrogens with zero attached hydrogens (tertiary/aromatic N) is 1. The SMILES string of the molecule is Cc1cc(F)ccc1S(=O)(=O)NCC(=O)N1CCC[C@@](C)(C(=O)O)C1. The van der Waals surface area contributed by atoms with Crippen molar-refractivity contribution < 1.29 is 27.5 Å². The predicted octanol–water partition coefficient (Wildman–Crippen LogP) is 1.13. The molecule has 2 rings (SSSR count). The van der Waals surface area contributed by atoms with Crippen LogP contribution in [0.25, 0.3) is 0 Å². The van der Waals surface area contributed by atoms with E-state index in [2.05, 4.69) is 4.72 Å². The van der Waals surface area contributed by atoms with Gasteiger partial charge < -0.3 is 10.0 Å². The molecule has 1 atom stereocenters. The molecule has 0 aromatic heterocycles. The maximum absolute atomic E-state index is 13.1. The van der Waals surface area contributed by atoms with Crippen LogP contribution < -0.4 is 4.72 Å². The number of carbonyl (C=O) groups excluding carboxylic acids is 1. The molecule has 1 heterocycles. The molecular weight excluding hydrogens is 351 g/mol. The quantitative estimate of drug-likeness (QED) is 0.806. The van der Waals surface area contributed by atoms with Crippen molar-refractivity contribution in [2.24, 2.45) is 5.41 Å². The Balaban J connectivity index is 2.05. The number of amides is 1. The largest absolute Gasteiger partial charge is 0.481 e. The third-order valence-electron chi connectivity index (χ3n) is 4.41. The monoisotopic (exact) mass is 372 g/mol. The minimum absolute atomic E-state index is 0.0401. The summed E-state index contributed by atoms with van der Waals surface area (Å²) in [7, 11) is -3.97. The van der Waals surface area contributed by atoms with Crippen molar-refractivity contribution >= 4 is 21.9 Å². The van der Waals surface area contributed by atoms with E-state index in [0.717, 1.165) is 18.2 Å². The molecule has 0 bridgehead atoms. The zero-order valence-electron chi connectivity index (χ0n) is 14.1. The molecule has 1 saturated heterocycles. The predicted molar refractivity (Wildman–Crippen MR) is 87.9 cm³/mol. The average Bonchev–Trinajstić information content (AvgIpc) is 2.52. The van der Waals surface area contributed by atoms with E-state index < -0.39 is 39.7 Å². The lowest BCUT2D eigenvalue weighted by Crippen LogP contribution is -2.50. The van der Waals surface area contributed by atoms with Crippen molar-refractivity contribution in [2.75, 3.05) is 19.6 Å². The van der Waals surface area contributed by atoms with Crippen LogP contribution in [0.5, 0.6) is 0 Å². The number of hydrogen-bond acceptors (Lipinski definition) is 4. The highest BCUT2D eigenvalue weighted by Crippen LogP contribution is 2.29. The number of likely N-dealkylation sites (tertiary alicyclic amines) is 1. The van der Waals surface area contributed by atoms with E-state index >= 15 is 0 Å². The second-order valence-corrected chi connectivity index (χ2v) is 8.25. The highest BCUT2D eigenvalue weighted by Gasteiger charge is 2.39. The van der Waals surface area contributed by atoms with Gasteiger partial charge in [-0.2, -0.15) is 0 Å². The van der Waals surface area contributed by atoms with Gasteiger partial charge in [-0.25, -0.2) is 17.5 Å². The number of benzene rings is 1. The zero-order valence-corrected chi connectivity index (χ0v) is 14.9. The average molecular weight is 372 g/mol. The number of halogens is 1. The Morgan fingerprint density at radius 3 is 2.68 bits per heavy atom. The van der Waals surface area contributed by atoms with Crippen LogP contribution in [-0.2, 0) is 19.6 Å². The second-order valence-electron chi connectivity index (χ2n) is 6.52. The molecule has 1 fully saturated rings. The van der Waals surface area contributed by atoms with Gasteiger partial charge in [0.25, 0.3) is 0 Å². The molecule has 9 heteroatoms. The van der Waals surface area contributed by atoms with Crippen LogP contribution in [0.15, 0.2) is 23.1 Å². The Labute approximate surface area is 145 Å². The summed E-state index contributed by atoms with van der Waals surface area (Å²) in [5.41, 5.74) is -0.795. The van der Waals surface area contributed by atoms with Crippen LogP contribution in [-0.4, -0.2) is 49.9 Å².